The van der Waals surface area contributed by atoms with Gasteiger partial charge >= 0.3 is 0 Å². The van der Waals surface area contributed by atoms with E-state index in [9.17, 15) is 5.26 Å². The highest BCUT2D eigenvalue weighted by Crippen LogP contribution is 2.49. The third-order valence-electron chi connectivity index (χ3n) is 7.31. The van der Waals surface area contributed by atoms with Crippen molar-refractivity contribution in [2.24, 2.45) is 5.41 Å². The number of nitriles is 1. The van der Waals surface area contributed by atoms with Crippen LogP contribution in [0, 0.1) is 20.4 Å². The average molecular weight is 541 g/mol. The number of aromatic nitrogens is 1. The molecule has 0 bridgehead atoms. The lowest BCUT2D eigenvalue weighted by atomic mass is 9.71. The summed E-state index contributed by atoms with van der Waals surface area (Å²) in [6, 6.07) is 17.0. The topological polar surface area (TPSA) is 52.0 Å². The molecule has 1 N–H and O–H groups in total. The van der Waals surface area contributed by atoms with Gasteiger partial charge in [0.1, 0.15) is 6.10 Å². The Kier molecular flexibility index (Phi) is 7.42. The molecule has 3 aromatic rings. The summed E-state index contributed by atoms with van der Waals surface area (Å²) < 4.78 is 8.11. The van der Waals surface area contributed by atoms with Crippen molar-refractivity contribution in [3.8, 4) is 6.19 Å². The van der Waals surface area contributed by atoms with Crippen LogP contribution in [0.25, 0.3) is 10.9 Å². The van der Waals surface area contributed by atoms with Crippen molar-refractivity contribution in [1.82, 2.24) is 9.88 Å². The molecule has 2 aromatic carbocycles. The molecule has 4 rings (SSSR count). The first-order valence-electron chi connectivity index (χ1n) is 11.7. The molecule has 0 spiro atoms. The number of benzene rings is 2. The van der Waals surface area contributed by atoms with E-state index >= 15 is 0 Å². The molecule has 0 saturated carbocycles. The van der Waals surface area contributed by atoms with Crippen molar-refractivity contribution in [3.63, 3.8) is 0 Å². The van der Waals surface area contributed by atoms with Gasteiger partial charge in [0.2, 0.25) is 0 Å². The molecular formula is C27H32IN3O. The SMILES string of the molecule is CCC1(CC)CCCN(C#N)CCc2c([nH]c3ccccc23)[C@@H]1OCc1ccccc1I. The number of fused-ring (bicyclic) bond motifs is 3. The van der Waals surface area contributed by atoms with Gasteiger partial charge in [0, 0.05) is 38.7 Å². The summed E-state index contributed by atoms with van der Waals surface area (Å²) in [5.74, 6) is 0. The molecule has 2 heterocycles. The molecule has 0 fully saturated rings. The second-order valence-electron chi connectivity index (χ2n) is 8.86. The predicted molar refractivity (Wildman–Crippen MR) is 138 cm³/mol. The Morgan fingerprint density at radius 1 is 1.12 bits per heavy atom. The number of ether oxygens (including phenoxy) is 1. The molecular weight excluding hydrogens is 509 g/mol. The highest BCUT2D eigenvalue weighted by molar-refractivity contribution is 14.1. The Bertz CT molecular complexity index is 1100. The van der Waals surface area contributed by atoms with Crippen molar-refractivity contribution in [2.75, 3.05) is 13.1 Å². The number of halogens is 1. The first-order valence-corrected chi connectivity index (χ1v) is 12.8. The minimum atomic E-state index is -0.00968. The average Bonchev–Trinajstić information content (AvgIpc) is 3.19. The number of para-hydroxylation sites is 1. The molecule has 5 heteroatoms. The van der Waals surface area contributed by atoms with Crippen molar-refractivity contribution >= 4 is 33.5 Å². The minimum absolute atomic E-state index is 0.00968. The van der Waals surface area contributed by atoms with Gasteiger partial charge in [-0.1, -0.05) is 50.2 Å². The highest BCUT2D eigenvalue weighted by Gasteiger charge is 2.40. The summed E-state index contributed by atoms with van der Waals surface area (Å²) in [6.45, 7) is 6.76. The number of nitrogens with one attached hydrogen (secondary N) is 1. The zero-order chi connectivity index (χ0) is 22.6. The lowest BCUT2D eigenvalue weighted by Crippen LogP contribution is -2.34. The maximum absolute atomic E-state index is 9.66. The lowest BCUT2D eigenvalue weighted by molar-refractivity contribution is -0.0674. The lowest BCUT2D eigenvalue weighted by Gasteiger charge is -2.41. The summed E-state index contributed by atoms with van der Waals surface area (Å²) >= 11 is 2.40. The molecule has 168 valence electrons. The van der Waals surface area contributed by atoms with E-state index in [1.165, 1.54) is 25.8 Å². The van der Waals surface area contributed by atoms with Gasteiger partial charge in [-0.05, 0) is 78.0 Å². The normalized spacial score (nSPS) is 18.8. The Balaban J connectivity index is 1.82. The van der Waals surface area contributed by atoms with Crippen LogP contribution in [0.3, 0.4) is 0 Å². The Hall–Kier alpha value is -2.04. The maximum atomic E-state index is 9.66. The second kappa shape index (κ2) is 10.3. The Morgan fingerprint density at radius 2 is 1.88 bits per heavy atom. The van der Waals surface area contributed by atoms with Gasteiger partial charge in [0.05, 0.1) is 6.61 Å². The number of rotatable bonds is 5. The molecule has 1 aliphatic rings. The summed E-state index contributed by atoms with van der Waals surface area (Å²) in [5.41, 5.74) is 4.93. The van der Waals surface area contributed by atoms with Gasteiger partial charge in [-0.3, -0.25) is 0 Å². The van der Waals surface area contributed by atoms with Gasteiger partial charge in [0.15, 0.2) is 6.19 Å². The fraction of sp³-hybridized carbons (Fsp3) is 0.444. The van der Waals surface area contributed by atoms with E-state index in [2.05, 4.69) is 96.1 Å². The fourth-order valence-corrected chi connectivity index (χ4v) is 5.80. The van der Waals surface area contributed by atoms with E-state index in [-0.39, 0.29) is 11.5 Å². The highest BCUT2D eigenvalue weighted by atomic mass is 127. The van der Waals surface area contributed by atoms with Crippen molar-refractivity contribution in [2.45, 2.75) is 58.7 Å². The summed E-state index contributed by atoms with van der Waals surface area (Å²) in [7, 11) is 0. The fourth-order valence-electron chi connectivity index (χ4n) is 5.25. The zero-order valence-corrected chi connectivity index (χ0v) is 21.2. The van der Waals surface area contributed by atoms with Crippen LogP contribution in [0.15, 0.2) is 48.5 Å². The van der Waals surface area contributed by atoms with Crippen LogP contribution in [0.1, 0.15) is 62.5 Å². The summed E-state index contributed by atoms with van der Waals surface area (Å²) in [4.78, 5) is 5.69. The second-order valence-corrected chi connectivity index (χ2v) is 10.0. The monoisotopic (exact) mass is 541 g/mol. The van der Waals surface area contributed by atoms with Crippen molar-refractivity contribution in [3.05, 3.63) is 68.9 Å². The smallest absolute Gasteiger partial charge is 0.179 e. The first-order chi connectivity index (χ1) is 15.6. The van der Waals surface area contributed by atoms with Crippen molar-refractivity contribution in [1.29, 1.82) is 5.26 Å². The van der Waals surface area contributed by atoms with E-state index in [4.69, 9.17) is 4.74 Å². The molecule has 1 atom stereocenters. The quantitative estimate of drug-likeness (QED) is 0.281. The van der Waals surface area contributed by atoms with Gasteiger partial charge in [0.25, 0.3) is 0 Å². The number of aromatic amines is 1. The molecule has 0 amide bonds. The summed E-state index contributed by atoms with van der Waals surface area (Å²) in [6.07, 6.45) is 7.38. The molecule has 0 radical (unpaired) electrons. The van der Waals surface area contributed by atoms with Crippen molar-refractivity contribution < 1.29 is 4.74 Å². The standard InChI is InChI=1S/C27H32IN3O/c1-3-27(4-2)15-9-16-31(19-29)17-14-22-21-11-6-8-13-24(21)30-25(22)26(27)32-18-20-10-5-7-12-23(20)28/h5-8,10-13,26,30H,3-4,9,14-18H2,1-2H3/t26-/m0/s1. The van der Waals surface area contributed by atoms with E-state index in [1.54, 1.807) is 0 Å². The van der Waals surface area contributed by atoms with Crippen LogP contribution in [0.4, 0.5) is 0 Å². The number of hydrogen-bond donors (Lipinski definition) is 1. The van der Waals surface area contributed by atoms with E-state index < -0.39 is 0 Å². The number of H-pyrrole nitrogens is 1. The number of hydrogen-bond acceptors (Lipinski definition) is 3. The summed E-state index contributed by atoms with van der Waals surface area (Å²) in [5, 5.41) is 10.9. The van der Waals surface area contributed by atoms with Crippen LogP contribution in [0.2, 0.25) is 0 Å². The third-order valence-corrected chi connectivity index (χ3v) is 8.36. The zero-order valence-electron chi connectivity index (χ0n) is 19.0. The maximum Gasteiger partial charge on any atom is 0.179 e. The van der Waals surface area contributed by atoms with Gasteiger partial charge in [-0.2, -0.15) is 5.26 Å². The molecule has 0 aliphatic carbocycles. The van der Waals surface area contributed by atoms with Crippen LogP contribution in [-0.4, -0.2) is 23.0 Å². The van der Waals surface area contributed by atoms with Crippen LogP contribution in [0.5, 0.6) is 0 Å². The third kappa shape index (κ3) is 4.53. The van der Waals surface area contributed by atoms with Crippen LogP contribution >= 0.6 is 22.6 Å². The molecule has 0 unspecified atom stereocenters. The van der Waals surface area contributed by atoms with Gasteiger partial charge < -0.3 is 14.6 Å². The first kappa shape index (κ1) is 23.1. The van der Waals surface area contributed by atoms with E-state index in [1.807, 2.05) is 4.90 Å². The van der Waals surface area contributed by atoms with Crippen LogP contribution in [-0.2, 0) is 17.8 Å². The molecule has 1 aromatic heterocycles. The molecule has 1 aliphatic heterocycles. The van der Waals surface area contributed by atoms with Crippen LogP contribution < -0.4 is 0 Å². The Labute approximate surface area is 205 Å². The van der Waals surface area contributed by atoms with Gasteiger partial charge in [-0.15, -0.1) is 0 Å². The largest absolute Gasteiger partial charge is 0.367 e. The molecule has 4 nitrogen and oxygen atoms in total. The van der Waals surface area contributed by atoms with Gasteiger partial charge in [-0.25, -0.2) is 0 Å². The Morgan fingerprint density at radius 3 is 2.62 bits per heavy atom. The van der Waals surface area contributed by atoms with E-state index in [0.717, 1.165) is 50.7 Å². The number of nitrogens with zero attached hydrogens (tertiary/aromatic N) is 2. The molecule has 0 saturated heterocycles. The van der Waals surface area contributed by atoms with E-state index in [0.29, 0.717) is 6.61 Å². The predicted octanol–water partition coefficient (Wildman–Crippen LogP) is 6.96. The molecule has 32 heavy (non-hydrogen) atoms. The minimum Gasteiger partial charge on any atom is -0.367 e.